The van der Waals surface area contributed by atoms with Crippen LogP contribution in [-0.2, 0) is 6.42 Å². The molecule has 5 nitrogen and oxygen atoms in total. The molecule has 3 N–H and O–H groups in total. The predicted molar refractivity (Wildman–Crippen MR) is 138 cm³/mol. The van der Waals surface area contributed by atoms with E-state index in [-0.39, 0.29) is 6.10 Å². The van der Waals surface area contributed by atoms with E-state index in [2.05, 4.69) is 40.9 Å². The molecule has 1 heterocycles. The second-order valence-corrected chi connectivity index (χ2v) is 8.79. The number of nitrogens with zero attached hydrogens (tertiary/aromatic N) is 2. The molecule has 0 fully saturated rings. The number of aromatic nitrogens is 1. The van der Waals surface area contributed by atoms with E-state index < -0.39 is 0 Å². The van der Waals surface area contributed by atoms with Crippen molar-refractivity contribution in [2.45, 2.75) is 53.6 Å². The van der Waals surface area contributed by atoms with Crippen LogP contribution in [0.5, 0.6) is 5.75 Å². The Balaban J connectivity index is 0.00000176. The fourth-order valence-electron chi connectivity index (χ4n) is 3.30. The zero-order valence-corrected chi connectivity index (χ0v) is 21.1. The van der Waals surface area contributed by atoms with Crippen molar-refractivity contribution in [3.05, 3.63) is 59.3 Å². The molecule has 0 aliphatic carbocycles. The molecule has 0 saturated heterocycles. The van der Waals surface area contributed by atoms with Gasteiger partial charge in [-0.05, 0) is 68.5 Å². The smallest absolute Gasteiger partial charge is 0.137 e. The lowest BCUT2D eigenvalue weighted by molar-refractivity contribution is 0.242. The topological polar surface area (TPSA) is 84.0 Å². The number of thiazole rings is 1. The number of nitrogens with one attached hydrogen (secondary N) is 1. The van der Waals surface area contributed by atoms with E-state index in [1.807, 2.05) is 52.1 Å². The van der Waals surface area contributed by atoms with Crippen LogP contribution in [0.2, 0.25) is 0 Å². The van der Waals surface area contributed by atoms with Crippen LogP contribution in [0.1, 0.15) is 50.8 Å². The third-order valence-electron chi connectivity index (χ3n) is 4.68. The Morgan fingerprint density at radius 3 is 2.72 bits per heavy atom. The molecule has 3 rings (SSSR count). The number of nitriles is 1. The molecule has 1 aromatic heterocycles. The molecule has 0 aliphatic heterocycles. The summed E-state index contributed by atoms with van der Waals surface area (Å²) in [4.78, 5) is 5.78. The first kappa shape index (κ1) is 25.9. The van der Waals surface area contributed by atoms with E-state index in [9.17, 15) is 5.26 Å². The molecule has 0 radical (unpaired) electrons. The van der Waals surface area contributed by atoms with Crippen molar-refractivity contribution in [2.75, 3.05) is 6.54 Å². The predicted octanol–water partition coefficient (Wildman–Crippen LogP) is 6.51. The number of aryl methyl sites for hydroxylation is 1. The SMILES string of the molecule is CC.Cc1cccc(-c2cnc(-c3ccc(OC(C)C)c(C#N)c3)s2)c1CCCNSN. The number of ether oxygens (including phenoxy) is 1. The molecule has 0 atom stereocenters. The van der Waals surface area contributed by atoms with E-state index >= 15 is 0 Å². The summed E-state index contributed by atoms with van der Waals surface area (Å²) in [5.41, 5.74) is 5.30. The van der Waals surface area contributed by atoms with Crippen molar-refractivity contribution in [1.82, 2.24) is 9.71 Å². The second-order valence-electron chi connectivity index (χ2n) is 7.24. The number of nitrogens with two attached hydrogens (primary N) is 1. The maximum Gasteiger partial charge on any atom is 0.137 e. The summed E-state index contributed by atoms with van der Waals surface area (Å²) in [6.45, 7) is 10.9. The maximum atomic E-state index is 9.51. The Morgan fingerprint density at radius 1 is 1.25 bits per heavy atom. The minimum atomic E-state index is 0.0211. The molecule has 2 aromatic carbocycles. The van der Waals surface area contributed by atoms with Crippen LogP contribution in [0.3, 0.4) is 0 Å². The lowest BCUT2D eigenvalue weighted by atomic mass is 9.97. The molecule has 7 heteroatoms. The van der Waals surface area contributed by atoms with Gasteiger partial charge >= 0.3 is 0 Å². The van der Waals surface area contributed by atoms with E-state index in [1.165, 1.54) is 16.7 Å². The molecule has 0 aliphatic rings. The second kappa shape index (κ2) is 13.2. The zero-order chi connectivity index (χ0) is 23.5. The standard InChI is InChI=1S/C23H26N4OS2.C2H6/c1-15(2)28-21-10-9-17(12-18(21)13-24)23-26-14-22(29-23)20-7-4-6-16(3)19(20)8-5-11-27-30-25;1-2/h4,6-7,9-10,12,14-15,27H,5,8,11,25H2,1-3H3;1-2H3. The van der Waals surface area contributed by atoms with Crippen LogP contribution in [0.15, 0.2) is 42.6 Å². The number of rotatable bonds is 9. The quantitative estimate of drug-likeness (QED) is 0.275. The first-order valence-electron chi connectivity index (χ1n) is 10.9. The van der Waals surface area contributed by atoms with E-state index in [0.29, 0.717) is 11.3 Å². The van der Waals surface area contributed by atoms with E-state index in [4.69, 9.17) is 9.88 Å². The van der Waals surface area contributed by atoms with Gasteiger partial charge in [-0.15, -0.1) is 11.3 Å². The lowest BCUT2D eigenvalue weighted by Crippen LogP contribution is -2.09. The van der Waals surface area contributed by atoms with Gasteiger partial charge in [0.25, 0.3) is 0 Å². The van der Waals surface area contributed by atoms with Crippen LogP contribution in [0.25, 0.3) is 21.0 Å². The molecule has 32 heavy (non-hydrogen) atoms. The van der Waals surface area contributed by atoms with Gasteiger partial charge in [0.05, 0.1) is 16.5 Å². The van der Waals surface area contributed by atoms with Gasteiger partial charge in [0.1, 0.15) is 16.8 Å². The Bertz CT molecular complexity index is 1040. The van der Waals surface area contributed by atoms with Crippen molar-refractivity contribution in [2.24, 2.45) is 5.14 Å². The Hall–Kier alpha value is -2.37. The third kappa shape index (κ3) is 6.81. The first-order chi connectivity index (χ1) is 15.5. The molecule has 0 unspecified atom stereocenters. The van der Waals surface area contributed by atoms with Crippen molar-refractivity contribution in [1.29, 1.82) is 5.26 Å². The molecule has 0 bridgehead atoms. The van der Waals surface area contributed by atoms with Gasteiger partial charge in [0, 0.05) is 30.4 Å². The number of benzene rings is 2. The van der Waals surface area contributed by atoms with Crippen molar-refractivity contribution >= 4 is 23.5 Å². The third-order valence-corrected chi connectivity index (χ3v) is 6.13. The number of hydrogen-bond acceptors (Lipinski definition) is 7. The van der Waals surface area contributed by atoms with Gasteiger partial charge in [0.15, 0.2) is 0 Å². The molecule has 0 spiro atoms. The van der Waals surface area contributed by atoms with Crippen molar-refractivity contribution < 1.29 is 4.74 Å². The normalized spacial score (nSPS) is 10.4. The summed E-state index contributed by atoms with van der Waals surface area (Å²) in [6, 6.07) is 14.3. The average molecular weight is 469 g/mol. The maximum absolute atomic E-state index is 9.51. The first-order valence-corrected chi connectivity index (χ1v) is 12.6. The highest BCUT2D eigenvalue weighted by atomic mass is 32.2. The summed E-state index contributed by atoms with van der Waals surface area (Å²) in [6.07, 6.45) is 3.93. The van der Waals surface area contributed by atoms with E-state index in [1.54, 1.807) is 11.3 Å². The Morgan fingerprint density at radius 2 is 2.03 bits per heavy atom. The molecule has 3 aromatic rings. The van der Waals surface area contributed by atoms with Crippen LogP contribution < -0.4 is 14.6 Å². The summed E-state index contributed by atoms with van der Waals surface area (Å²) in [5, 5.41) is 15.8. The van der Waals surface area contributed by atoms with Gasteiger partial charge in [-0.3, -0.25) is 9.86 Å². The highest BCUT2D eigenvalue weighted by Crippen LogP contribution is 2.36. The summed E-state index contributed by atoms with van der Waals surface area (Å²) in [7, 11) is 0. The highest BCUT2D eigenvalue weighted by Gasteiger charge is 2.14. The van der Waals surface area contributed by atoms with E-state index in [0.717, 1.165) is 47.0 Å². The fraction of sp³-hybridized carbons (Fsp3) is 0.360. The van der Waals surface area contributed by atoms with Gasteiger partial charge in [0.2, 0.25) is 0 Å². The minimum Gasteiger partial charge on any atom is -0.490 e. The van der Waals surface area contributed by atoms with Crippen molar-refractivity contribution in [3.63, 3.8) is 0 Å². The molecule has 0 saturated carbocycles. The summed E-state index contributed by atoms with van der Waals surface area (Å²) >= 11 is 2.80. The number of hydrogen-bond donors (Lipinski definition) is 2. The minimum absolute atomic E-state index is 0.0211. The molecule has 170 valence electrons. The monoisotopic (exact) mass is 468 g/mol. The zero-order valence-electron chi connectivity index (χ0n) is 19.4. The van der Waals surface area contributed by atoms with Gasteiger partial charge in [-0.1, -0.05) is 32.0 Å². The summed E-state index contributed by atoms with van der Waals surface area (Å²) < 4.78 is 8.83. The highest BCUT2D eigenvalue weighted by molar-refractivity contribution is 7.95. The molecule has 0 amide bonds. The van der Waals surface area contributed by atoms with Crippen LogP contribution in [0.4, 0.5) is 0 Å². The van der Waals surface area contributed by atoms with Gasteiger partial charge < -0.3 is 4.74 Å². The van der Waals surface area contributed by atoms with Crippen LogP contribution in [-0.4, -0.2) is 17.6 Å². The molecular weight excluding hydrogens is 436 g/mol. The Kier molecular flexibility index (Phi) is 10.7. The summed E-state index contributed by atoms with van der Waals surface area (Å²) in [5.74, 6) is 0.609. The van der Waals surface area contributed by atoms with Crippen molar-refractivity contribution in [3.8, 4) is 32.8 Å². The fourth-order valence-corrected chi connectivity index (χ4v) is 4.53. The largest absolute Gasteiger partial charge is 0.490 e. The van der Waals surface area contributed by atoms with Crippen LogP contribution >= 0.6 is 23.5 Å². The molecular formula is C25H32N4OS2. The van der Waals surface area contributed by atoms with Gasteiger partial charge in [-0.25, -0.2) is 4.98 Å². The average Bonchev–Trinajstić information content (AvgIpc) is 3.29. The Labute approximate surface area is 200 Å². The lowest BCUT2D eigenvalue weighted by Gasteiger charge is -2.12. The van der Waals surface area contributed by atoms with Crippen LogP contribution in [0, 0.1) is 18.3 Å². The van der Waals surface area contributed by atoms with Gasteiger partial charge in [-0.2, -0.15) is 5.26 Å².